The van der Waals surface area contributed by atoms with Crippen molar-refractivity contribution in [1.29, 1.82) is 0 Å². The second-order valence-electron chi connectivity index (χ2n) is 5.53. The Bertz CT molecular complexity index is 436. The SMILES string of the molecule is Cc1ccc(CC(=O)NCCC2CCCN2)cc1C. The van der Waals surface area contributed by atoms with Crippen LogP contribution in [0.1, 0.15) is 36.0 Å². The summed E-state index contributed by atoms with van der Waals surface area (Å²) in [5.41, 5.74) is 3.62. The average molecular weight is 260 g/mol. The molecule has 0 saturated carbocycles. The quantitative estimate of drug-likeness (QED) is 0.851. The molecule has 19 heavy (non-hydrogen) atoms. The molecule has 1 atom stereocenters. The van der Waals surface area contributed by atoms with Gasteiger partial charge in [-0.3, -0.25) is 4.79 Å². The highest BCUT2D eigenvalue weighted by molar-refractivity contribution is 5.78. The number of nitrogens with one attached hydrogen (secondary N) is 2. The average Bonchev–Trinajstić information content (AvgIpc) is 2.87. The van der Waals surface area contributed by atoms with E-state index >= 15 is 0 Å². The number of hydrogen-bond acceptors (Lipinski definition) is 2. The minimum Gasteiger partial charge on any atom is -0.356 e. The molecule has 1 aromatic rings. The Labute approximate surface area is 115 Å². The third-order valence-electron chi connectivity index (χ3n) is 3.91. The summed E-state index contributed by atoms with van der Waals surface area (Å²) < 4.78 is 0. The summed E-state index contributed by atoms with van der Waals surface area (Å²) in [6, 6.07) is 6.83. The highest BCUT2D eigenvalue weighted by atomic mass is 16.1. The van der Waals surface area contributed by atoms with E-state index in [-0.39, 0.29) is 5.91 Å². The zero-order chi connectivity index (χ0) is 13.7. The molecule has 3 nitrogen and oxygen atoms in total. The molecular formula is C16H24N2O. The van der Waals surface area contributed by atoms with Crippen LogP contribution in [0.25, 0.3) is 0 Å². The van der Waals surface area contributed by atoms with Gasteiger partial charge in [-0.05, 0) is 56.3 Å². The third kappa shape index (κ3) is 4.35. The molecule has 1 aliphatic heterocycles. The Morgan fingerprint density at radius 1 is 1.37 bits per heavy atom. The van der Waals surface area contributed by atoms with Crippen LogP contribution in [-0.4, -0.2) is 25.0 Å². The van der Waals surface area contributed by atoms with Crippen molar-refractivity contribution in [1.82, 2.24) is 10.6 Å². The van der Waals surface area contributed by atoms with Crippen LogP contribution in [0.15, 0.2) is 18.2 Å². The maximum atomic E-state index is 11.9. The largest absolute Gasteiger partial charge is 0.356 e. The lowest BCUT2D eigenvalue weighted by Crippen LogP contribution is -2.31. The summed E-state index contributed by atoms with van der Waals surface area (Å²) in [4.78, 5) is 11.9. The number of amides is 1. The minimum atomic E-state index is 0.126. The zero-order valence-electron chi connectivity index (χ0n) is 12.0. The maximum Gasteiger partial charge on any atom is 0.224 e. The Morgan fingerprint density at radius 3 is 2.89 bits per heavy atom. The van der Waals surface area contributed by atoms with Gasteiger partial charge in [-0.2, -0.15) is 0 Å². The molecule has 0 aliphatic carbocycles. The first-order valence-electron chi connectivity index (χ1n) is 7.21. The van der Waals surface area contributed by atoms with Crippen molar-refractivity contribution >= 4 is 5.91 Å². The van der Waals surface area contributed by atoms with E-state index in [2.05, 4.69) is 36.6 Å². The summed E-state index contributed by atoms with van der Waals surface area (Å²) >= 11 is 0. The lowest BCUT2D eigenvalue weighted by molar-refractivity contribution is -0.120. The molecule has 104 valence electrons. The third-order valence-corrected chi connectivity index (χ3v) is 3.91. The monoisotopic (exact) mass is 260 g/mol. The lowest BCUT2D eigenvalue weighted by Gasteiger charge is -2.11. The van der Waals surface area contributed by atoms with E-state index in [0.29, 0.717) is 12.5 Å². The van der Waals surface area contributed by atoms with Crippen molar-refractivity contribution in [2.24, 2.45) is 0 Å². The number of carbonyl (C=O) groups excluding carboxylic acids is 1. The Hall–Kier alpha value is -1.35. The molecule has 1 saturated heterocycles. The van der Waals surface area contributed by atoms with Gasteiger partial charge in [0.2, 0.25) is 5.91 Å². The van der Waals surface area contributed by atoms with Crippen LogP contribution in [0, 0.1) is 13.8 Å². The minimum absolute atomic E-state index is 0.126. The molecule has 0 radical (unpaired) electrons. The molecule has 3 heteroatoms. The summed E-state index contributed by atoms with van der Waals surface area (Å²) in [5, 5.41) is 6.46. The highest BCUT2D eigenvalue weighted by Crippen LogP contribution is 2.10. The molecule has 1 fully saturated rings. The second-order valence-corrected chi connectivity index (χ2v) is 5.53. The predicted molar refractivity (Wildman–Crippen MR) is 78.3 cm³/mol. The number of benzene rings is 1. The molecule has 0 aromatic heterocycles. The Balaban J connectivity index is 1.72. The van der Waals surface area contributed by atoms with E-state index in [4.69, 9.17) is 0 Å². The maximum absolute atomic E-state index is 11.9. The van der Waals surface area contributed by atoms with Gasteiger partial charge in [-0.1, -0.05) is 18.2 Å². The standard InChI is InChI=1S/C16H24N2O/c1-12-5-6-14(10-13(12)2)11-16(19)18-9-7-15-4-3-8-17-15/h5-6,10,15,17H,3-4,7-9,11H2,1-2H3,(H,18,19). The lowest BCUT2D eigenvalue weighted by atomic mass is 10.0. The fourth-order valence-corrected chi connectivity index (χ4v) is 2.55. The smallest absolute Gasteiger partial charge is 0.224 e. The van der Waals surface area contributed by atoms with E-state index in [1.807, 2.05) is 6.07 Å². The van der Waals surface area contributed by atoms with Crippen LogP contribution in [0.4, 0.5) is 0 Å². The summed E-state index contributed by atoms with van der Waals surface area (Å²) in [7, 11) is 0. The Morgan fingerprint density at radius 2 is 2.21 bits per heavy atom. The van der Waals surface area contributed by atoms with Crippen molar-refractivity contribution in [2.75, 3.05) is 13.1 Å². The van der Waals surface area contributed by atoms with Gasteiger partial charge in [0.05, 0.1) is 6.42 Å². The van der Waals surface area contributed by atoms with Crippen LogP contribution in [0.5, 0.6) is 0 Å². The van der Waals surface area contributed by atoms with Crippen LogP contribution >= 0.6 is 0 Å². The van der Waals surface area contributed by atoms with Crippen molar-refractivity contribution in [2.45, 2.75) is 45.6 Å². The molecule has 2 N–H and O–H groups in total. The normalized spacial score (nSPS) is 18.5. The van der Waals surface area contributed by atoms with Gasteiger partial charge in [-0.15, -0.1) is 0 Å². The van der Waals surface area contributed by atoms with Crippen molar-refractivity contribution in [3.8, 4) is 0 Å². The van der Waals surface area contributed by atoms with Gasteiger partial charge in [-0.25, -0.2) is 0 Å². The number of rotatable bonds is 5. The van der Waals surface area contributed by atoms with Crippen molar-refractivity contribution in [3.63, 3.8) is 0 Å². The van der Waals surface area contributed by atoms with Crippen LogP contribution in [-0.2, 0) is 11.2 Å². The molecule has 2 rings (SSSR count). The number of carbonyl (C=O) groups is 1. The van der Waals surface area contributed by atoms with Crippen LogP contribution in [0.3, 0.4) is 0 Å². The molecule has 1 amide bonds. The van der Waals surface area contributed by atoms with Gasteiger partial charge >= 0.3 is 0 Å². The summed E-state index contributed by atoms with van der Waals surface area (Å²) in [6.45, 7) is 6.08. The van der Waals surface area contributed by atoms with E-state index in [0.717, 1.165) is 25.1 Å². The molecule has 1 heterocycles. The van der Waals surface area contributed by atoms with E-state index in [1.165, 1.54) is 24.0 Å². The fraction of sp³-hybridized carbons (Fsp3) is 0.562. The second kappa shape index (κ2) is 6.71. The zero-order valence-corrected chi connectivity index (χ0v) is 12.0. The number of hydrogen-bond donors (Lipinski definition) is 2. The van der Waals surface area contributed by atoms with Crippen molar-refractivity contribution in [3.05, 3.63) is 34.9 Å². The molecule has 0 spiro atoms. The first kappa shape index (κ1) is 14.1. The molecular weight excluding hydrogens is 236 g/mol. The predicted octanol–water partition coefficient (Wildman–Crippen LogP) is 2.10. The topological polar surface area (TPSA) is 41.1 Å². The van der Waals surface area contributed by atoms with Gasteiger partial charge in [0, 0.05) is 12.6 Å². The first-order valence-corrected chi connectivity index (χ1v) is 7.21. The van der Waals surface area contributed by atoms with Gasteiger partial charge in [0.1, 0.15) is 0 Å². The highest BCUT2D eigenvalue weighted by Gasteiger charge is 2.13. The van der Waals surface area contributed by atoms with Gasteiger partial charge in [0.25, 0.3) is 0 Å². The summed E-state index contributed by atoms with van der Waals surface area (Å²) in [6.07, 6.45) is 4.03. The first-order chi connectivity index (χ1) is 9.15. The van der Waals surface area contributed by atoms with E-state index < -0.39 is 0 Å². The van der Waals surface area contributed by atoms with E-state index in [1.54, 1.807) is 0 Å². The molecule has 0 bridgehead atoms. The molecule has 1 unspecified atom stereocenters. The van der Waals surface area contributed by atoms with E-state index in [9.17, 15) is 4.79 Å². The number of aryl methyl sites for hydroxylation is 2. The van der Waals surface area contributed by atoms with Crippen molar-refractivity contribution < 1.29 is 4.79 Å². The van der Waals surface area contributed by atoms with Crippen LogP contribution < -0.4 is 10.6 Å². The molecule has 1 aliphatic rings. The molecule has 1 aromatic carbocycles. The summed E-state index contributed by atoms with van der Waals surface area (Å²) in [5.74, 6) is 0.126. The van der Waals surface area contributed by atoms with Gasteiger partial charge < -0.3 is 10.6 Å². The Kier molecular flexibility index (Phi) is 4.97. The van der Waals surface area contributed by atoms with Gasteiger partial charge in [0.15, 0.2) is 0 Å². The fourth-order valence-electron chi connectivity index (χ4n) is 2.55. The van der Waals surface area contributed by atoms with Crippen LogP contribution in [0.2, 0.25) is 0 Å².